The predicted molar refractivity (Wildman–Crippen MR) is 119 cm³/mol. The molecular weight excluding hydrogens is 426 g/mol. The first-order valence-corrected chi connectivity index (χ1v) is 10.2. The third kappa shape index (κ3) is 5.52. The number of rotatable bonds is 8. The number of nitrogens with two attached hydrogens (primary N) is 1. The lowest BCUT2D eigenvalue weighted by Crippen LogP contribution is -2.13. The number of ether oxygens (including phenoxy) is 2. The van der Waals surface area contributed by atoms with Gasteiger partial charge >= 0.3 is 0 Å². The Morgan fingerprint density at radius 2 is 2.00 bits per heavy atom. The van der Waals surface area contributed by atoms with E-state index in [0.29, 0.717) is 40.1 Å². The van der Waals surface area contributed by atoms with Crippen LogP contribution in [0.2, 0.25) is 0 Å². The van der Waals surface area contributed by atoms with Crippen LogP contribution in [0.3, 0.4) is 0 Å². The maximum atomic E-state index is 12.8. The van der Waals surface area contributed by atoms with Gasteiger partial charge in [0.25, 0.3) is 11.8 Å². The third-order valence-corrected chi connectivity index (χ3v) is 4.31. The van der Waals surface area contributed by atoms with Gasteiger partial charge in [-0.05, 0) is 38.1 Å². The molecule has 0 spiro atoms. The van der Waals surface area contributed by atoms with Gasteiger partial charge in [-0.3, -0.25) is 9.48 Å². The number of carbonyl (C=O) groups excluding carboxylic acids is 1. The lowest BCUT2D eigenvalue weighted by Gasteiger charge is -2.14. The molecule has 4 aromatic rings. The van der Waals surface area contributed by atoms with Gasteiger partial charge in [0.2, 0.25) is 0 Å². The minimum Gasteiger partial charge on any atom is -0.491 e. The molecule has 0 atom stereocenters. The first-order chi connectivity index (χ1) is 15.9. The first-order valence-electron chi connectivity index (χ1n) is 10.2. The summed E-state index contributed by atoms with van der Waals surface area (Å²) in [5.41, 5.74) is 6.35. The standard InChI is InChI=1S/C22H23N7O4/c1-13(2)31-16-8-14(21(30)25-19-6-7-29(3)27-19)9-17(10-16)32-15-4-5-18(24-12-15)22-26-20(11-23)28-33-22/h4-10,12-13H,11,23H2,1-3H3,(H,25,27,30). The molecule has 0 aliphatic rings. The van der Waals surface area contributed by atoms with Crippen molar-refractivity contribution < 1.29 is 18.8 Å². The van der Waals surface area contributed by atoms with Crippen molar-refractivity contribution in [1.82, 2.24) is 24.9 Å². The summed E-state index contributed by atoms with van der Waals surface area (Å²) in [6.45, 7) is 3.98. The Kier molecular flexibility index (Phi) is 6.31. The number of aromatic nitrogens is 5. The zero-order valence-electron chi connectivity index (χ0n) is 18.3. The van der Waals surface area contributed by atoms with Gasteiger partial charge in [0.15, 0.2) is 11.6 Å². The summed E-state index contributed by atoms with van der Waals surface area (Å²) in [7, 11) is 1.77. The lowest BCUT2D eigenvalue weighted by molar-refractivity contribution is 0.102. The van der Waals surface area contributed by atoms with Crippen LogP contribution in [0.1, 0.15) is 30.0 Å². The van der Waals surface area contributed by atoms with E-state index in [2.05, 4.69) is 25.5 Å². The van der Waals surface area contributed by atoms with Crippen molar-refractivity contribution >= 4 is 11.7 Å². The fourth-order valence-electron chi connectivity index (χ4n) is 2.92. The van der Waals surface area contributed by atoms with Crippen LogP contribution in [0.4, 0.5) is 5.82 Å². The lowest BCUT2D eigenvalue weighted by atomic mass is 10.2. The summed E-state index contributed by atoms with van der Waals surface area (Å²) < 4.78 is 18.5. The van der Waals surface area contributed by atoms with Crippen molar-refractivity contribution in [3.8, 4) is 28.8 Å². The molecule has 11 heteroatoms. The Morgan fingerprint density at radius 1 is 1.18 bits per heavy atom. The van der Waals surface area contributed by atoms with E-state index in [1.54, 1.807) is 54.3 Å². The Hall–Kier alpha value is -4.25. The van der Waals surface area contributed by atoms with Crippen molar-refractivity contribution in [3.63, 3.8) is 0 Å². The molecule has 33 heavy (non-hydrogen) atoms. The number of pyridine rings is 1. The second-order valence-corrected chi connectivity index (χ2v) is 7.39. The van der Waals surface area contributed by atoms with Crippen molar-refractivity contribution in [2.75, 3.05) is 5.32 Å². The van der Waals surface area contributed by atoms with Crippen LogP contribution in [0.15, 0.2) is 53.3 Å². The van der Waals surface area contributed by atoms with Gasteiger partial charge in [0.05, 0.1) is 18.8 Å². The second-order valence-electron chi connectivity index (χ2n) is 7.39. The van der Waals surface area contributed by atoms with E-state index in [9.17, 15) is 4.79 Å². The second kappa shape index (κ2) is 9.49. The number of nitrogens with one attached hydrogen (secondary N) is 1. The Bertz CT molecular complexity index is 1250. The molecule has 3 N–H and O–H groups in total. The first kappa shape index (κ1) is 22.0. The van der Waals surface area contributed by atoms with Crippen molar-refractivity contribution in [1.29, 1.82) is 0 Å². The minimum atomic E-state index is -0.340. The summed E-state index contributed by atoms with van der Waals surface area (Å²) >= 11 is 0. The van der Waals surface area contributed by atoms with Crippen LogP contribution in [0.25, 0.3) is 11.6 Å². The summed E-state index contributed by atoms with van der Waals surface area (Å²) in [6, 6.07) is 10.1. The number of benzene rings is 1. The predicted octanol–water partition coefficient (Wildman–Crippen LogP) is 3.16. The molecule has 0 saturated heterocycles. The maximum Gasteiger partial charge on any atom is 0.276 e. The molecule has 0 saturated carbocycles. The van der Waals surface area contributed by atoms with Crippen LogP contribution in [-0.2, 0) is 13.6 Å². The van der Waals surface area contributed by atoms with E-state index >= 15 is 0 Å². The van der Waals surface area contributed by atoms with Crippen molar-refractivity contribution in [2.45, 2.75) is 26.5 Å². The zero-order chi connectivity index (χ0) is 23.4. The Balaban J connectivity index is 1.55. The number of nitrogens with zero attached hydrogens (tertiary/aromatic N) is 5. The Morgan fingerprint density at radius 3 is 2.64 bits per heavy atom. The highest BCUT2D eigenvalue weighted by atomic mass is 16.5. The van der Waals surface area contributed by atoms with Crippen LogP contribution < -0.4 is 20.5 Å². The van der Waals surface area contributed by atoms with Gasteiger partial charge in [-0.15, -0.1) is 0 Å². The fourth-order valence-corrected chi connectivity index (χ4v) is 2.92. The van der Waals surface area contributed by atoms with E-state index in [1.165, 1.54) is 6.20 Å². The number of aryl methyl sites for hydroxylation is 1. The van der Waals surface area contributed by atoms with E-state index < -0.39 is 0 Å². The zero-order valence-corrected chi connectivity index (χ0v) is 18.3. The molecule has 0 bridgehead atoms. The highest BCUT2D eigenvalue weighted by Gasteiger charge is 2.14. The van der Waals surface area contributed by atoms with Gasteiger partial charge in [-0.1, -0.05) is 5.16 Å². The van der Waals surface area contributed by atoms with E-state index in [-0.39, 0.29) is 24.4 Å². The molecule has 0 unspecified atom stereocenters. The summed E-state index contributed by atoms with van der Waals surface area (Å²) in [6.07, 6.45) is 3.18. The van der Waals surface area contributed by atoms with Crippen molar-refractivity contribution in [3.05, 3.63) is 60.2 Å². The largest absolute Gasteiger partial charge is 0.491 e. The van der Waals surface area contributed by atoms with Crippen LogP contribution in [-0.4, -0.2) is 36.9 Å². The van der Waals surface area contributed by atoms with Crippen LogP contribution in [0, 0.1) is 0 Å². The van der Waals surface area contributed by atoms with E-state index in [1.807, 2.05) is 13.8 Å². The van der Waals surface area contributed by atoms with E-state index in [0.717, 1.165) is 0 Å². The van der Waals surface area contributed by atoms with Gasteiger partial charge in [0.1, 0.15) is 22.9 Å². The van der Waals surface area contributed by atoms with E-state index in [4.69, 9.17) is 19.7 Å². The molecule has 0 radical (unpaired) electrons. The van der Waals surface area contributed by atoms with Gasteiger partial charge in [-0.2, -0.15) is 10.1 Å². The highest BCUT2D eigenvalue weighted by Crippen LogP contribution is 2.29. The monoisotopic (exact) mass is 449 g/mol. The fraction of sp³-hybridized carbons (Fsp3) is 0.227. The number of carbonyl (C=O) groups is 1. The highest BCUT2D eigenvalue weighted by molar-refractivity contribution is 6.04. The smallest absolute Gasteiger partial charge is 0.276 e. The number of anilines is 1. The third-order valence-electron chi connectivity index (χ3n) is 4.31. The van der Waals surface area contributed by atoms with Gasteiger partial charge < -0.3 is 25.0 Å². The van der Waals surface area contributed by atoms with Crippen LogP contribution in [0.5, 0.6) is 17.2 Å². The van der Waals surface area contributed by atoms with Crippen LogP contribution >= 0.6 is 0 Å². The topological polar surface area (TPSA) is 143 Å². The molecule has 3 aromatic heterocycles. The number of hydrogen-bond acceptors (Lipinski definition) is 9. The van der Waals surface area contributed by atoms with Crippen molar-refractivity contribution in [2.24, 2.45) is 12.8 Å². The molecule has 170 valence electrons. The number of amides is 1. The molecule has 4 rings (SSSR count). The maximum absolute atomic E-state index is 12.8. The normalized spacial score (nSPS) is 10.9. The molecule has 0 aliphatic heterocycles. The quantitative estimate of drug-likeness (QED) is 0.414. The SMILES string of the molecule is CC(C)Oc1cc(Oc2ccc(-c3nc(CN)no3)nc2)cc(C(=O)Nc2ccn(C)n2)c1. The summed E-state index contributed by atoms with van der Waals surface area (Å²) in [5, 5.41) is 10.7. The number of hydrogen-bond donors (Lipinski definition) is 2. The summed E-state index contributed by atoms with van der Waals surface area (Å²) in [4.78, 5) is 21.2. The molecule has 11 nitrogen and oxygen atoms in total. The average Bonchev–Trinajstić information content (AvgIpc) is 3.42. The molecule has 0 aliphatic carbocycles. The average molecular weight is 449 g/mol. The summed E-state index contributed by atoms with van der Waals surface area (Å²) in [5.74, 6) is 2.13. The minimum absolute atomic E-state index is 0.0827. The van der Waals surface area contributed by atoms with Gasteiger partial charge in [-0.25, -0.2) is 4.98 Å². The molecule has 1 aromatic carbocycles. The molecular formula is C22H23N7O4. The van der Waals surface area contributed by atoms with Gasteiger partial charge in [0, 0.05) is 30.9 Å². The molecule has 0 fully saturated rings. The molecule has 1 amide bonds. The molecule has 3 heterocycles. The Labute approximate surface area is 189 Å².